The molecule has 0 unspecified atom stereocenters. The van der Waals surface area contributed by atoms with Gasteiger partial charge in [0.1, 0.15) is 11.6 Å². The number of amides is 1. The van der Waals surface area contributed by atoms with Gasteiger partial charge in [-0.1, -0.05) is 45.7 Å². The summed E-state index contributed by atoms with van der Waals surface area (Å²) in [6.45, 7) is 0.422. The molecule has 4 nitrogen and oxygen atoms in total. The van der Waals surface area contributed by atoms with Crippen molar-refractivity contribution < 1.29 is 9.18 Å². The van der Waals surface area contributed by atoms with E-state index in [1.807, 2.05) is 41.0 Å². The van der Waals surface area contributed by atoms with Gasteiger partial charge >= 0.3 is 0 Å². The second-order valence-corrected chi connectivity index (χ2v) is 7.82. The van der Waals surface area contributed by atoms with Gasteiger partial charge in [-0.25, -0.2) is 9.37 Å². The highest BCUT2D eigenvalue weighted by molar-refractivity contribution is 9.10. The first-order chi connectivity index (χ1) is 14.0. The minimum absolute atomic E-state index is 0.204. The molecule has 0 aliphatic rings. The maximum Gasteiger partial charge on any atom is 0.251 e. The molecule has 4 rings (SSSR count). The van der Waals surface area contributed by atoms with Gasteiger partial charge < -0.3 is 9.88 Å². The Bertz CT molecular complexity index is 1170. The molecule has 0 aliphatic carbocycles. The third-order valence-corrected chi connectivity index (χ3v) is 5.51. The lowest BCUT2D eigenvalue weighted by Gasteiger charge is -2.12. The molecular formula is C22H16BrClFN3O. The molecule has 1 aromatic heterocycles. The van der Waals surface area contributed by atoms with E-state index < -0.39 is 0 Å². The van der Waals surface area contributed by atoms with Crippen LogP contribution >= 0.6 is 27.5 Å². The summed E-state index contributed by atoms with van der Waals surface area (Å²) in [5.74, 6) is 0.0381. The van der Waals surface area contributed by atoms with Crippen LogP contribution < -0.4 is 5.32 Å². The summed E-state index contributed by atoms with van der Waals surface area (Å²) in [7, 11) is 0. The Balaban J connectivity index is 1.64. The van der Waals surface area contributed by atoms with Crippen LogP contribution in [-0.4, -0.2) is 15.5 Å². The van der Waals surface area contributed by atoms with Crippen molar-refractivity contribution in [3.8, 4) is 0 Å². The van der Waals surface area contributed by atoms with Gasteiger partial charge in [0.05, 0.1) is 24.1 Å². The molecule has 0 spiro atoms. The molecule has 0 saturated heterocycles. The van der Waals surface area contributed by atoms with Crippen LogP contribution in [0.3, 0.4) is 0 Å². The smallest absolute Gasteiger partial charge is 0.251 e. The summed E-state index contributed by atoms with van der Waals surface area (Å²) < 4.78 is 17.1. The van der Waals surface area contributed by atoms with E-state index in [4.69, 9.17) is 11.6 Å². The van der Waals surface area contributed by atoms with Crippen LogP contribution in [0.15, 0.2) is 71.2 Å². The van der Waals surface area contributed by atoms with Crippen molar-refractivity contribution in [2.24, 2.45) is 0 Å². The summed E-state index contributed by atoms with van der Waals surface area (Å²) in [6.07, 6.45) is 0. The molecule has 0 aliphatic heterocycles. The zero-order valence-electron chi connectivity index (χ0n) is 15.2. The van der Waals surface area contributed by atoms with Gasteiger partial charge in [-0.3, -0.25) is 4.79 Å². The maximum absolute atomic E-state index is 14.4. The van der Waals surface area contributed by atoms with E-state index >= 15 is 0 Å². The molecule has 0 radical (unpaired) electrons. The second-order valence-electron chi connectivity index (χ2n) is 6.49. The van der Waals surface area contributed by atoms with Gasteiger partial charge in [-0.2, -0.15) is 0 Å². The fraction of sp³-hybridized carbons (Fsp3) is 0.0909. The first-order valence-electron chi connectivity index (χ1n) is 8.94. The maximum atomic E-state index is 14.4. The molecule has 0 bridgehead atoms. The summed E-state index contributed by atoms with van der Waals surface area (Å²) in [6, 6.07) is 19.3. The second kappa shape index (κ2) is 8.35. The largest absolute Gasteiger partial charge is 0.345 e. The number of carbonyl (C=O) groups is 1. The quantitative estimate of drug-likeness (QED) is 0.413. The minimum atomic E-state index is -0.375. The van der Waals surface area contributed by atoms with Gasteiger partial charge in [-0.05, 0) is 48.5 Å². The number of halogens is 3. The normalized spacial score (nSPS) is 11.0. The molecule has 3 aromatic carbocycles. The predicted molar refractivity (Wildman–Crippen MR) is 116 cm³/mol. The number of nitrogens with one attached hydrogen (secondary N) is 1. The van der Waals surface area contributed by atoms with Crippen molar-refractivity contribution in [1.82, 2.24) is 14.9 Å². The molecule has 0 fully saturated rings. The number of nitrogens with zero attached hydrogens (tertiary/aromatic N) is 2. The van der Waals surface area contributed by atoms with E-state index in [1.165, 1.54) is 6.07 Å². The molecule has 1 amide bonds. The van der Waals surface area contributed by atoms with Gasteiger partial charge in [-0.15, -0.1) is 0 Å². The number of carbonyl (C=O) groups excluding carboxylic acids is 1. The fourth-order valence-electron chi connectivity index (χ4n) is 3.14. The molecule has 146 valence electrons. The molecule has 0 atom stereocenters. The van der Waals surface area contributed by atoms with Crippen LogP contribution in [0.1, 0.15) is 21.7 Å². The van der Waals surface area contributed by atoms with Crippen molar-refractivity contribution in [1.29, 1.82) is 0 Å². The van der Waals surface area contributed by atoms with E-state index in [9.17, 15) is 9.18 Å². The van der Waals surface area contributed by atoms with Gasteiger partial charge in [0, 0.05) is 20.6 Å². The van der Waals surface area contributed by atoms with E-state index in [0.717, 1.165) is 15.5 Å². The summed E-state index contributed by atoms with van der Waals surface area (Å²) in [5, 5.41) is 3.24. The van der Waals surface area contributed by atoms with Crippen LogP contribution in [0.25, 0.3) is 11.0 Å². The van der Waals surface area contributed by atoms with E-state index in [1.54, 1.807) is 24.3 Å². The van der Waals surface area contributed by atoms with Gasteiger partial charge in [0.2, 0.25) is 0 Å². The lowest BCUT2D eigenvalue weighted by Crippen LogP contribution is -2.25. The van der Waals surface area contributed by atoms with Crippen molar-refractivity contribution in [3.05, 3.63) is 99.0 Å². The zero-order valence-corrected chi connectivity index (χ0v) is 17.5. The minimum Gasteiger partial charge on any atom is -0.345 e. The number of hydrogen-bond donors (Lipinski definition) is 1. The number of para-hydroxylation sites is 2. The monoisotopic (exact) mass is 471 g/mol. The average molecular weight is 473 g/mol. The Morgan fingerprint density at radius 3 is 2.59 bits per heavy atom. The van der Waals surface area contributed by atoms with Gasteiger partial charge in [0.25, 0.3) is 5.91 Å². The van der Waals surface area contributed by atoms with Crippen molar-refractivity contribution in [2.45, 2.75) is 13.1 Å². The Hall–Kier alpha value is -2.70. The number of hydrogen-bond acceptors (Lipinski definition) is 2. The molecule has 1 heterocycles. The van der Waals surface area contributed by atoms with Crippen LogP contribution in [0.4, 0.5) is 4.39 Å². The number of benzene rings is 3. The van der Waals surface area contributed by atoms with Crippen LogP contribution in [-0.2, 0) is 13.1 Å². The highest BCUT2D eigenvalue weighted by Crippen LogP contribution is 2.24. The number of aromatic nitrogens is 2. The SMILES string of the molecule is O=C(NCc1nc2ccccc2n1Cc1c(F)cccc1Cl)c1ccc(Br)cc1. The lowest BCUT2D eigenvalue weighted by molar-refractivity contribution is 0.0949. The highest BCUT2D eigenvalue weighted by Gasteiger charge is 2.16. The van der Waals surface area contributed by atoms with Crippen LogP contribution in [0.5, 0.6) is 0 Å². The molecule has 7 heteroatoms. The average Bonchev–Trinajstić information content (AvgIpc) is 3.07. The standard InChI is InChI=1S/C22H16BrClFN3O/c23-15-10-8-14(9-11-15)22(29)26-12-21-27-19-6-1-2-7-20(19)28(21)13-16-17(24)4-3-5-18(16)25/h1-11H,12-13H2,(H,26,29). The zero-order chi connectivity index (χ0) is 20.4. The molecule has 0 saturated carbocycles. The Kier molecular flexibility index (Phi) is 5.65. The number of imidazole rings is 1. The summed E-state index contributed by atoms with van der Waals surface area (Å²) in [5.41, 5.74) is 2.55. The lowest BCUT2D eigenvalue weighted by atomic mass is 10.2. The molecule has 29 heavy (non-hydrogen) atoms. The van der Waals surface area contributed by atoms with E-state index in [-0.39, 0.29) is 24.8 Å². The number of rotatable bonds is 5. The van der Waals surface area contributed by atoms with Crippen molar-refractivity contribution >= 4 is 44.5 Å². The highest BCUT2D eigenvalue weighted by atomic mass is 79.9. The van der Waals surface area contributed by atoms with Gasteiger partial charge in [0.15, 0.2) is 0 Å². The topological polar surface area (TPSA) is 46.9 Å². The fourth-order valence-corrected chi connectivity index (χ4v) is 3.63. The third kappa shape index (κ3) is 4.18. The first-order valence-corrected chi connectivity index (χ1v) is 10.1. The van der Waals surface area contributed by atoms with Crippen molar-refractivity contribution in [3.63, 3.8) is 0 Å². The van der Waals surface area contributed by atoms with Crippen LogP contribution in [0, 0.1) is 5.82 Å². The van der Waals surface area contributed by atoms with Crippen LogP contribution in [0.2, 0.25) is 5.02 Å². The predicted octanol–water partition coefficient (Wildman–Crippen LogP) is 5.57. The first kappa shape index (κ1) is 19.6. The Labute approximate surface area is 180 Å². The van der Waals surface area contributed by atoms with E-state index in [2.05, 4.69) is 26.2 Å². The summed E-state index contributed by atoms with van der Waals surface area (Å²) >= 11 is 9.58. The third-order valence-electron chi connectivity index (χ3n) is 4.62. The summed E-state index contributed by atoms with van der Waals surface area (Å²) in [4.78, 5) is 17.1. The Morgan fingerprint density at radius 2 is 1.83 bits per heavy atom. The molecule has 4 aromatic rings. The molecule has 1 N–H and O–H groups in total. The number of fused-ring (bicyclic) bond motifs is 1. The van der Waals surface area contributed by atoms with Crippen molar-refractivity contribution in [2.75, 3.05) is 0 Å². The molecular weight excluding hydrogens is 457 g/mol. The van der Waals surface area contributed by atoms with E-state index in [0.29, 0.717) is 22.0 Å². The Morgan fingerprint density at radius 1 is 1.07 bits per heavy atom.